The number of benzene rings is 9. The first-order valence-corrected chi connectivity index (χ1v) is 18.4. The second-order valence-corrected chi connectivity index (χ2v) is 13.9. The molecule has 1 atom stereocenters. The fourth-order valence-electron chi connectivity index (χ4n) is 8.70. The molecule has 0 amide bonds. The van der Waals surface area contributed by atoms with E-state index in [1.165, 1.54) is 0 Å². The second-order valence-electron chi connectivity index (χ2n) is 13.9. The van der Waals surface area contributed by atoms with Crippen molar-refractivity contribution < 1.29 is 14.0 Å². The summed E-state index contributed by atoms with van der Waals surface area (Å²) in [5.74, 6) is 0. The maximum absolute atomic E-state index is 9.86. The first-order valence-electron chi connectivity index (χ1n) is 21.9. The van der Waals surface area contributed by atoms with E-state index in [2.05, 4.69) is 71.6 Å². The van der Waals surface area contributed by atoms with E-state index in [0.29, 0.717) is 16.7 Å². The molecule has 9 aromatic carbocycles. The van der Waals surface area contributed by atoms with Crippen molar-refractivity contribution in [2.24, 2.45) is 0 Å². The zero-order chi connectivity index (χ0) is 42.4. The lowest BCUT2D eigenvalue weighted by Crippen LogP contribution is -2.29. The Kier molecular flexibility index (Phi) is 5.66. The molecule has 2 heteroatoms. The van der Waals surface area contributed by atoms with Gasteiger partial charge in [0, 0.05) is 33.4 Å². The van der Waals surface area contributed by atoms with Gasteiger partial charge in [-0.05, 0) is 92.2 Å². The largest absolute Gasteiger partial charge is 0.456 e. The lowest BCUT2D eigenvalue weighted by atomic mass is 9.66. The molecular formula is C53H35NO. The number of hydrogen-bond acceptors (Lipinski definition) is 2. The molecule has 10 aromatic rings. The molecule has 2 nitrogen and oxygen atoms in total. The van der Waals surface area contributed by atoms with Gasteiger partial charge in [0.2, 0.25) is 0 Å². The highest BCUT2D eigenvalue weighted by Gasteiger charge is 2.48. The molecule has 0 aliphatic heterocycles. The minimum Gasteiger partial charge on any atom is -0.456 e. The predicted octanol–water partition coefficient (Wildman–Crippen LogP) is 14.2. The highest BCUT2D eigenvalue weighted by Crippen LogP contribution is 2.59. The monoisotopic (exact) mass is 708 g/mol. The summed E-state index contributed by atoms with van der Waals surface area (Å²) >= 11 is 0. The molecule has 1 aromatic heterocycles. The zero-order valence-electron chi connectivity index (χ0n) is 36.5. The molecule has 55 heavy (non-hydrogen) atoms. The molecule has 0 N–H and O–H groups in total. The first-order chi connectivity index (χ1) is 30.2. The van der Waals surface area contributed by atoms with Gasteiger partial charge in [-0.25, -0.2) is 0 Å². The number of rotatable bonds is 6. The van der Waals surface area contributed by atoms with Crippen molar-refractivity contribution in [2.45, 2.75) is 5.41 Å². The number of nitrogens with zero attached hydrogens (tertiary/aromatic N) is 1. The minimum atomic E-state index is -1.45. The van der Waals surface area contributed by atoms with Crippen LogP contribution in [0.5, 0.6) is 0 Å². The Hall–Kier alpha value is -7.16. The Balaban J connectivity index is 1.26. The number of fused-ring (bicyclic) bond motifs is 7. The molecule has 1 aliphatic carbocycles. The summed E-state index contributed by atoms with van der Waals surface area (Å²) in [6, 6.07) is 53.9. The standard InChI is InChI=1S/C53H35NO/c1-3-15-36(16-4-1)37-29-31-40(32-30-37)54(39-19-5-2-6-20-39)41-33-34-49-46(35-41)43-22-9-11-25-48(43)53(49,47-26-13-18-38-17-7-8-21-42(38)47)50-27-14-24-45-44-23-10-12-28-51(44)55-52(45)50/h1-35H/i7D,8D,13D,17D,18D,21D,26D. The predicted molar refractivity (Wildman–Crippen MR) is 229 cm³/mol. The fraction of sp³-hybridized carbons (Fsp3) is 0.0189. The summed E-state index contributed by atoms with van der Waals surface area (Å²) in [4.78, 5) is 2.20. The number of hydrogen-bond donors (Lipinski definition) is 0. The molecule has 0 bridgehead atoms. The van der Waals surface area contributed by atoms with Gasteiger partial charge in [0.15, 0.2) is 0 Å². The van der Waals surface area contributed by atoms with Crippen molar-refractivity contribution in [1.29, 1.82) is 0 Å². The minimum absolute atomic E-state index is 0.0336. The smallest absolute Gasteiger partial charge is 0.140 e. The van der Waals surface area contributed by atoms with Crippen LogP contribution in [0.25, 0.3) is 55.0 Å². The summed E-state index contributed by atoms with van der Waals surface area (Å²) in [5, 5.41) is 1.68. The van der Waals surface area contributed by atoms with Crippen LogP contribution in [0.1, 0.15) is 31.8 Å². The van der Waals surface area contributed by atoms with E-state index in [1.54, 1.807) is 0 Å². The highest BCUT2D eigenvalue weighted by molar-refractivity contribution is 6.08. The lowest BCUT2D eigenvalue weighted by Gasteiger charge is -2.35. The molecule has 0 spiro atoms. The van der Waals surface area contributed by atoms with Crippen molar-refractivity contribution in [3.8, 4) is 22.3 Å². The SMILES string of the molecule is [2H]c1c([2H])c([2H])c2c(C3(c4cccc5c4oc4ccccc45)c4ccccc4-c4cc(N(c5ccccc5)c5ccc(-c6ccccc6)cc5)ccc43)c([2H])c([2H])c([2H])c2c1[2H]. The van der Waals surface area contributed by atoms with Crippen molar-refractivity contribution in [3.63, 3.8) is 0 Å². The molecule has 0 radical (unpaired) electrons. The number of furan rings is 1. The Labute approximate surface area is 330 Å². The second kappa shape index (κ2) is 12.5. The summed E-state index contributed by atoms with van der Waals surface area (Å²) < 4.78 is 71.1. The van der Waals surface area contributed by atoms with Crippen LogP contribution in [-0.4, -0.2) is 0 Å². The van der Waals surface area contributed by atoms with Crippen LogP contribution in [0.4, 0.5) is 17.1 Å². The number of para-hydroxylation sites is 3. The van der Waals surface area contributed by atoms with Gasteiger partial charge < -0.3 is 9.32 Å². The molecule has 0 saturated carbocycles. The normalized spacial score (nSPS) is 16.4. The average Bonchev–Trinajstić information content (AvgIpc) is 3.84. The maximum atomic E-state index is 9.86. The van der Waals surface area contributed by atoms with E-state index in [0.717, 1.165) is 61.2 Å². The summed E-state index contributed by atoms with van der Waals surface area (Å²) in [5.41, 5.74) is 8.83. The third-order valence-electron chi connectivity index (χ3n) is 11.0. The van der Waals surface area contributed by atoms with Gasteiger partial charge in [-0.3, -0.25) is 0 Å². The zero-order valence-corrected chi connectivity index (χ0v) is 29.5. The van der Waals surface area contributed by atoms with Crippen molar-refractivity contribution >= 4 is 49.8 Å². The summed E-state index contributed by atoms with van der Waals surface area (Å²) in [6.07, 6.45) is 0. The van der Waals surface area contributed by atoms with Crippen molar-refractivity contribution in [1.82, 2.24) is 0 Å². The highest BCUT2D eigenvalue weighted by atomic mass is 16.3. The molecule has 0 saturated heterocycles. The van der Waals surface area contributed by atoms with Gasteiger partial charge in [0.1, 0.15) is 11.2 Å². The third kappa shape index (κ3) is 4.75. The molecule has 11 rings (SSSR count). The quantitative estimate of drug-likeness (QED) is 0.171. The van der Waals surface area contributed by atoms with Gasteiger partial charge >= 0.3 is 0 Å². The molecule has 0 fully saturated rings. The number of anilines is 3. The van der Waals surface area contributed by atoms with Crippen LogP contribution in [0.3, 0.4) is 0 Å². The topological polar surface area (TPSA) is 16.4 Å². The lowest BCUT2D eigenvalue weighted by molar-refractivity contribution is 0.649. The third-order valence-corrected chi connectivity index (χ3v) is 11.0. The molecule has 1 unspecified atom stereocenters. The molecule has 1 heterocycles. The van der Waals surface area contributed by atoms with E-state index in [4.69, 9.17) is 9.90 Å². The molecule has 1 aliphatic rings. The Morgan fingerprint density at radius 3 is 1.93 bits per heavy atom. The van der Waals surface area contributed by atoms with Gasteiger partial charge in [-0.15, -0.1) is 0 Å². The fourth-order valence-corrected chi connectivity index (χ4v) is 8.70. The van der Waals surface area contributed by atoms with Crippen molar-refractivity contribution in [2.75, 3.05) is 4.90 Å². The molecular weight excluding hydrogens is 667 g/mol. The average molecular weight is 709 g/mol. The van der Waals surface area contributed by atoms with Crippen molar-refractivity contribution in [3.05, 3.63) is 234 Å². The first kappa shape index (κ1) is 25.0. The maximum Gasteiger partial charge on any atom is 0.140 e. The van der Waals surface area contributed by atoms with E-state index < -0.39 is 35.6 Å². The van der Waals surface area contributed by atoms with Crippen LogP contribution in [0.2, 0.25) is 0 Å². The van der Waals surface area contributed by atoms with Crippen LogP contribution < -0.4 is 4.90 Å². The van der Waals surface area contributed by atoms with E-state index in [9.17, 15) is 4.11 Å². The Bertz CT molecular complexity index is 3430. The Morgan fingerprint density at radius 2 is 1.05 bits per heavy atom. The van der Waals surface area contributed by atoms with Gasteiger partial charge in [-0.1, -0.05) is 170 Å². The summed E-state index contributed by atoms with van der Waals surface area (Å²) in [7, 11) is 0. The van der Waals surface area contributed by atoms with E-state index in [1.807, 2.05) is 103 Å². The van der Waals surface area contributed by atoms with Crippen LogP contribution >= 0.6 is 0 Å². The van der Waals surface area contributed by atoms with Crippen LogP contribution in [-0.2, 0) is 5.41 Å². The van der Waals surface area contributed by atoms with E-state index in [-0.39, 0.29) is 28.4 Å². The molecule has 258 valence electrons. The van der Waals surface area contributed by atoms with Crippen LogP contribution in [0, 0.1) is 0 Å². The van der Waals surface area contributed by atoms with Gasteiger partial charge in [-0.2, -0.15) is 0 Å². The van der Waals surface area contributed by atoms with Gasteiger partial charge in [0.25, 0.3) is 0 Å². The van der Waals surface area contributed by atoms with Crippen LogP contribution in [0.15, 0.2) is 217 Å². The van der Waals surface area contributed by atoms with E-state index >= 15 is 0 Å². The van der Waals surface area contributed by atoms with Gasteiger partial charge in [0.05, 0.1) is 15.0 Å². The Morgan fingerprint density at radius 1 is 0.418 bits per heavy atom. The summed E-state index contributed by atoms with van der Waals surface area (Å²) in [6.45, 7) is 0.